The number of morpholine rings is 1. The maximum atomic E-state index is 5.47. The summed E-state index contributed by atoms with van der Waals surface area (Å²) in [6, 6.07) is 21.1. The summed E-state index contributed by atoms with van der Waals surface area (Å²) >= 11 is 0. The van der Waals surface area contributed by atoms with Gasteiger partial charge in [0.15, 0.2) is 0 Å². The molecule has 0 N–H and O–H groups in total. The smallest absolute Gasteiger partial charge is 0.0642 e. The third-order valence-electron chi connectivity index (χ3n) is 3.52. The summed E-state index contributed by atoms with van der Waals surface area (Å²) in [5, 5.41) is 0. The van der Waals surface area contributed by atoms with Crippen LogP contribution < -0.4 is 0 Å². The van der Waals surface area contributed by atoms with E-state index >= 15 is 0 Å². The van der Waals surface area contributed by atoms with Crippen LogP contribution in [-0.4, -0.2) is 31.2 Å². The summed E-state index contributed by atoms with van der Waals surface area (Å²) in [6.07, 6.45) is 2.26. The van der Waals surface area contributed by atoms with E-state index in [0.717, 1.165) is 26.3 Å². The van der Waals surface area contributed by atoms with Gasteiger partial charge in [0.2, 0.25) is 0 Å². The molecule has 1 aliphatic heterocycles. The number of nitrogens with zero attached hydrogens (tertiary/aromatic N) is 1. The Labute approximate surface area is 120 Å². The van der Waals surface area contributed by atoms with Crippen LogP contribution in [0.4, 0.5) is 0 Å². The fourth-order valence-corrected chi connectivity index (χ4v) is 2.48. The SMILES string of the molecule is C(=C(\c1ccccc1)N1CCOCC1)/c1ccccc1. The number of rotatable bonds is 3. The molecule has 0 aromatic heterocycles. The van der Waals surface area contributed by atoms with Gasteiger partial charge in [-0.15, -0.1) is 0 Å². The van der Waals surface area contributed by atoms with E-state index in [0.29, 0.717) is 0 Å². The normalized spacial score (nSPS) is 16.2. The van der Waals surface area contributed by atoms with Gasteiger partial charge in [0.05, 0.1) is 13.2 Å². The first kappa shape index (κ1) is 12.9. The molecule has 2 aromatic carbocycles. The van der Waals surface area contributed by atoms with Gasteiger partial charge in [0, 0.05) is 18.8 Å². The largest absolute Gasteiger partial charge is 0.378 e. The van der Waals surface area contributed by atoms with Gasteiger partial charge < -0.3 is 9.64 Å². The van der Waals surface area contributed by atoms with Crippen molar-refractivity contribution in [2.75, 3.05) is 26.3 Å². The van der Waals surface area contributed by atoms with Gasteiger partial charge in [-0.05, 0) is 17.2 Å². The third-order valence-corrected chi connectivity index (χ3v) is 3.52. The molecular formula is C18H19NO. The van der Waals surface area contributed by atoms with E-state index in [4.69, 9.17) is 4.74 Å². The van der Waals surface area contributed by atoms with Crippen molar-refractivity contribution in [2.45, 2.75) is 0 Å². The molecule has 0 spiro atoms. The minimum Gasteiger partial charge on any atom is -0.378 e. The molecule has 3 rings (SSSR count). The van der Waals surface area contributed by atoms with Crippen molar-refractivity contribution in [3.8, 4) is 0 Å². The molecule has 2 heteroatoms. The van der Waals surface area contributed by atoms with E-state index in [-0.39, 0.29) is 0 Å². The van der Waals surface area contributed by atoms with Crippen LogP contribution in [0.2, 0.25) is 0 Å². The van der Waals surface area contributed by atoms with Crippen LogP contribution >= 0.6 is 0 Å². The molecular weight excluding hydrogens is 246 g/mol. The lowest BCUT2D eigenvalue weighted by Gasteiger charge is -2.31. The molecule has 0 saturated carbocycles. The molecule has 1 fully saturated rings. The maximum Gasteiger partial charge on any atom is 0.0642 e. The van der Waals surface area contributed by atoms with E-state index in [9.17, 15) is 0 Å². The zero-order valence-electron chi connectivity index (χ0n) is 11.5. The molecule has 0 bridgehead atoms. The van der Waals surface area contributed by atoms with Gasteiger partial charge >= 0.3 is 0 Å². The highest BCUT2D eigenvalue weighted by Gasteiger charge is 2.15. The summed E-state index contributed by atoms with van der Waals surface area (Å²) in [7, 11) is 0. The zero-order chi connectivity index (χ0) is 13.6. The Hall–Kier alpha value is -2.06. The second-order valence-corrected chi connectivity index (χ2v) is 4.91. The van der Waals surface area contributed by atoms with E-state index < -0.39 is 0 Å². The van der Waals surface area contributed by atoms with Crippen LogP contribution in [0.5, 0.6) is 0 Å². The van der Waals surface area contributed by atoms with E-state index in [1.165, 1.54) is 16.8 Å². The predicted octanol–water partition coefficient (Wildman–Crippen LogP) is 3.52. The molecule has 102 valence electrons. The van der Waals surface area contributed by atoms with Gasteiger partial charge in [-0.2, -0.15) is 0 Å². The Kier molecular flexibility index (Phi) is 4.14. The molecule has 20 heavy (non-hydrogen) atoms. The quantitative estimate of drug-likeness (QED) is 0.787. The highest BCUT2D eigenvalue weighted by Crippen LogP contribution is 2.23. The standard InChI is InChI=1S/C18H19NO/c1-3-7-16(8-4-1)15-18(17-9-5-2-6-10-17)19-11-13-20-14-12-19/h1-10,15H,11-14H2/b18-15-. The zero-order valence-corrected chi connectivity index (χ0v) is 11.5. The maximum absolute atomic E-state index is 5.47. The van der Waals surface area contributed by atoms with Crippen molar-refractivity contribution in [3.63, 3.8) is 0 Å². The minimum atomic E-state index is 0.805. The first-order valence-electron chi connectivity index (χ1n) is 7.08. The lowest BCUT2D eigenvalue weighted by molar-refractivity contribution is 0.0642. The van der Waals surface area contributed by atoms with Crippen molar-refractivity contribution < 1.29 is 4.74 Å². The fourth-order valence-electron chi connectivity index (χ4n) is 2.48. The first-order chi connectivity index (χ1) is 9.93. The highest BCUT2D eigenvalue weighted by atomic mass is 16.5. The van der Waals surface area contributed by atoms with Crippen molar-refractivity contribution in [3.05, 3.63) is 71.8 Å². The lowest BCUT2D eigenvalue weighted by Crippen LogP contribution is -2.34. The number of benzene rings is 2. The molecule has 0 amide bonds. The van der Waals surface area contributed by atoms with Crippen LogP contribution in [0.3, 0.4) is 0 Å². The van der Waals surface area contributed by atoms with Crippen molar-refractivity contribution >= 4 is 11.8 Å². The van der Waals surface area contributed by atoms with Gasteiger partial charge in [-0.25, -0.2) is 0 Å². The molecule has 0 radical (unpaired) electrons. The van der Waals surface area contributed by atoms with Gasteiger partial charge in [0.1, 0.15) is 0 Å². The molecule has 1 saturated heterocycles. The van der Waals surface area contributed by atoms with Gasteiger partial charge in [-0.1, -0.05) is 60.7 Å². The Morgan fingerprint density at radius 3 is 2.10 bits per heavy atom. The Bertz CT molecular complexity index is 556. The van der Waals surface area contributed by atoms with E-state index in [1.54, 1.807) is 0 Å². The topological polar surface area (TPSA) is 12.5 Å². The highest BCUT2D eigenvalue weighted by molar-refractivity contribution is 5.80. The fraction of sp³-hybridized carbons (Fsp3) is 0.222. The molecule has 1 heterocycles. The second kappa shape index (κ2) is 6.40. The van der Waals surface area contributed by atoms with Crippen molar-refractivity contribution in [1.82, 2.24) is 4.90 Å². The summed E-state index contributed by atoms with van der Waals surface area (Å²) in [5.74, 6) is 0. The molecule has 0 atom stereocenters. The summed E-state index contributed by atoms with van der Waals surface area (Å²) < 4.78 is 5.47. The monoisotopic (exact) mass is 265 g/mol. The average molecular weight is 265 g/mol. The van der Waals surface area contributed by atoms with E-state index in [2.05, 4.69) is 65.6 Å². The van der Waals surface area contributed by atoms with Crippen LogP contribution in [-0.2, 0) is 4.74 Å². The van der Waals surface area contributed by atoms with Crippen molar-refractivity contribution in [1.29, 1.82) is 0 Å². The Morgan fingerprint density at radius 1 is 0.850 bits per heavy atom. The molecule has 0 aliphatic carbocycles. The molecule has 0 unspecified atom stereocenters. The number of hydrogen-bond donors (Lipinski definition) is 0. The third kappa shape index (κ3) is 3.09. The second-order valence-electron chi connectivity index (χ2n) is 4.91. The van der Waals surface area contributed by atoms with Crippen LogP contribution in [0.15, 0.2) is 60.7 Å². The van der Waals surface area contributed by atoms with Crippen LogP contribution in [0.25, 0.3) is 11.8 Å². The Balaban J connectivity index is 1.97. The Morgan fingerprint density at radius 2 is 1.45 bits per heavy atom. The summed E-state index contributed by atoms with van der Waals surface area (Å²) in [4.78, 5) is 2.41. The first-order valence-corrected chi connectivity index (χ1v) is 7.08. The van der Waals surface area contributed by atoms with Crippen LogP contribution in [0.1, 0.15) is 11.1 Å². The minimum absolute atomic E-state index is 0.805. The summed E-state index contributed by atoms with van der Waals surface area (Å²) in [5.41, 5.74) is 3.77. The van der Waals surface area contributed by atoms with Gasteiger partial charge in [-0.3, -0.25) is 0 Å². The number of ether oxygens (including phenoxy) is 1. The molecule has 2 nitrogen and oxygen atoms in total. The van der Waals surface area contributed by atoms with E-state index in [1.807, 2.05) is 6.07 Å². The lowest BCUT2D eigenvalue weighted by atomic mass is 10.1. The van der Waals surface area contributed by atoms with Crippen LogP contribution in [0, 0.1) is 0 Å². The van der Waals surface area contributed by atoms with Gasteiger partial charge in [0.25, 0.3) is 0 Å². The molecule has 1 aliphatic rings. The number of hydrogen-bond acceptors (Lipinski definition) is 2. The van der Waals surface area contributed by atoms with Crippen molar-refractivity contribution in [2.24, 2.45) is 0 Å². The average Bonchev–Trinajstić information content (AvgIpc) is 2.55. The summed E-state index contributed by atoms with van der Waals surface area (Å²) in [6.45, 7) is 3.51. The molecule has 2 aromatic rings. The predicted molar refractivity (Wildman–Crippen MR) is 83.1 cm³/mol.